The van der Waals surface area contributed by atoms with Gasteiger partial charge in [-0.15, -0.1) is 0 Å². The largest absolute Gasteiger partial charge is 0.463 e. The SMILES string of the molecule is C=C(CNC1COC1)C(=O)OCC. The average Bonchev–Trinajstić information content (AvgIpc) is 2.01. The summed E-state index contributed by atoms with van der Waals surface area (Å²) in [6.07, 6.45) is 0. The zero-order valence-corrected chi connectivity index (χ0v) is 7.84. The van der Waals surface area contributed by atoms with E-state index in [4.69, 9.17) is 9.47 Å². The summed E-state index contributed by atoms with van der Waals surface area (Å²) in [6.45, 7) is 7.71. The second kappa shape index (κ2) is 4.99. The quantitative estimate of drug-likeness (QED) is 0.487. The van der Waals surface area contributed by atoms with Crippen LogP contribution < -0.4 is 5.32 Å². The highest BCUT2D eigenvalue weighted by molar-refractivity contribution is 5.88. The fourth-order valence-electron chi connectivity index (χ4n) is 0.926. The minimum atomic E-state index is -0.324. The van der Waals surface area contributed by atoms with Gasteiger partial charge >= 0.3 is 5.97 Å². The maximum atomic E-state index is 11.1. The molecular formula is C9H15NO3. The van der Waals surface area contributed by atoms with E-state index in [0.717, 1.165) is 13.2 Å². The number of carbonyl (C=O) groups excluding carboxylic acids is 1. The summed E-state index contributed by atoms with van der Waals surface area (Å²) in [6, 6.07) is 0.367. The molecule has 1 rings (SSSR count). The second-order valence-electron chi connectivity index (χ2n) is 2.94. The highest BCUT2D eigenvalue weighted by Gasteiger charge is 2.18. The average molecular weight is 185 g/mol. The Morgan fingerprint density at radius 2 is 2.38 bits per heavy atom. The van der Waals surface area contributed by atoms with Crippen molar-refractivity contribution in [2.75, 3.05) is 26.4 Å². The minimum Gasteiger partial charge on any atom is -0.463 e. The van der Waals surface area contributed by atoms with Crippen molar-refractivity contribution in [2.24, 2.45) is 0 Å². The predicted molar refractivity (Wildman–Crippen MR) is 48.4 cm³/mol. The van der Waals surface area contributed by atoms with E-state index in [0.29, 0.717) is 24.8 Å². The summed E-state index contributed by atoms with van der Waals surface area (Å²) in [5.41, 5.74) is 0.466. The van der Waals surface area contributed by atoms with Crippen molar-refractivity contribution >= 4 is 5.97 Å². The van der Waals surface area contributed by atoms with E-state index in [2.05, 4.69) is 11.9 Å². The van der Waals surface area contributed by atoms with Gasteiger partial charge in [0.15, 0.2) is 0 Å². The van der Waals surface area contributed by atoms with Gasteiger partial charge in [0.1, 0.15) is 0 Å². The molecule has 0 unspecified atom stereocenters. The van der Waals surface area contributed by atoms with Gasteiger partial charge in [-0.25, -0.2) is 4.79 Å². The molecule has 13 heavy (non-hydrogen) atoms. The molecule has 0 aliphatic carbocycles. The standard InChI is InChI=1S/C9H15NO3/c1-3-13-9(11)7(2)4-10-8-5-12-6-8/h8,10H,2-6H2,1H3. The molecule has 1 saturated heterocycles. The Balaban J connectivity index is 2.12. The van der Waals surface area contributed by atoms with E-state index >= 15 is 0 Å². The molecule has 1 fully saturated rings. The van der Waals surface area contributed by atoms with Crippen molar-refractivity contribution in [3.05, 3.63) is 12.2 Å². The molecule has 0 saturated carbocycles. The Hall–Kier alpha value is -0.870. The smallest absolute Gasteiger partial charge is 0.334 e. The number of ether oxygens (including phenoxy) is 2. The fraction of sp³-hybridized carbons (Fsp3) is 0.667. The van der Waals surface area contributed by atoms with E-state index < -0.39 is 0 Å². The zero-order valence-electron chi connectivity index (χ0n) is 7.84. The monoisotopic (exact) mass is 185 g/mol. The Morgan fingerprint density at radius 1 is 1.69 bits per heavy atom. The summed E-state index contributed by atoms with van der Waals surface area (Å²) in [7, 11) is 0. The number of esters is 1. The number of hydrogen-bond acceptors (Lipinski definition) is 4. The van der Waals surface area contributed by atoms with Crippen LogP contribution in [-0.4, -0.2) is 38.4 Å². The van der Waals surface area contributed by atoms with Crippen LogP contribution in [0.4, 0.5) is 0 Å². The first kappa shape index (κ1) is 10.2. The molecular weight excluding hydrogens is 170 g/mol. The van der Waals surface area contributed by atoms with Crippen molar-refractivity contribution in [3.63, 3.8) is 0 Å². The minimum absolute atomic E-state index is 0.324. The molecule has 0 radical (unpaired) electrons. The van der Waals surface area contributed by atoms with E-state index in [-0.39, 0.29) is 5.97 Å². The lowest BCUT2D eigenvalue weighted by atomic mass is 10.2. The van der Waals surface area contributed by atoms with Gasteiger partial charge in [0.05, 0.1) is 25.9 Å². The lowest BCUT2D eigenvalue weighted by Crippen LogP contribution is -2.46. The number of rotatable bonds is 5. The predicted octanol–water partition coefficient (Wildman–Crippen LogP) is 0.0941. The van der Waals surface area contributed by atoms with Crippen LogP contribution >= 0.6 is 0 Å². The Kier molecular flexibility index (Phi) is 3.92. The molecule has 0 aromatic carbocycles. The summed E-state index contributed by atoms with van der Waals surface area (Å²) in [5.74, 6) is -0.324. The first-order chi connectivity index (χ1) is 6.24. The van der Waals surface area contributed by atoms with Gasteiger partial charge in [-0.3, -0.25) is 0 Å². The third-order valence-corrected chi connectivity index (χ3v) is 1.81. The molecule has 4 heteroatoms. The Morgan fingerprint density at radius 3 is 2.85 bits per heavy atom. The van der Waals surface area contributed by atoms with E-state index in [1.54, 1.807) is 6.92 Å². The van der Waals surface area contributed by atoms with Crippen molar-refractivity contribution in [2.45, 2.75) is 13.0 Å². The number of hydrogen-bond donors (Lipinski definition) is 1. The highest BCUT2D eigenvalue weighted by Crippen LogP contribution is 2.01. The van der Waals surface area contributed by atoms with Gasteiger partial charge in [-0.2, -0.15) is 0 Å². The zero-order chi connectivity index (χ0) is 9.68. The van der Waals surface area contributed by atoms with Crippen LogP contribution in [0.5, 0.6) is 0 Å². The van der Waals surface area contributed by atoms with Crippen LogP contribution in [0.3, 0.4) is 0 Å². The third-order valence-electron chi connectivity index (χ3n) is 1.81. The van der Waals surface area contributed by atoms with Gasteiger partial charge in [0.2, 0.25) is 0 Å². The van der Waals surface area contributed by atoms with Crippen molar-refractivity contribution in [1.29, 1.82) is 0 Å². The van der Waals surface area contributed by atoms with Crippen LogP contribution in [-0.2, 0) is 14.3 Å². The van der Waals surface area contributed by atoms with Gasteiger partial charge in [0.25, 0.3) is 0 Å². The molecule has 1 aliphatic rings. The maximum absolute atomic E-state index is 11.1. The molecule has 1 N–H and O–H groups in total. The summed E-state index contributed by atoms with van der Waals surface area (Å²) < 4.78 is 9.74. The van der Waals surface area contributed by atoms with Gasteiger partial charge < -0.3 is 14.8 Å². The second-order valence-corrected chi connectivity index (χ2v) is 2.94. The molecule has 74 valence electrons. The fourth-order valence-corrected chi connectivity index (χ4v) is 0.926. The van der Waals surface area contributed by atoms with E-state index in [1.807, 2.05) is 0 Å². The van der Waals surface area contributed by atoms with E-state index in [1.165, 1.54) is 0 Å². The van der Waals surface area contributed by atoms with Gasteiger partial charge in [-0.1, -0.05) is 6.58 Å². The highest BCUT2D eigenvalue weighted by atomic mass is 16.5. The van der Waals surface area contributed by atoms with Crippen LogP contribution in [0.15, 0.2) is 12.2 Å². The Labute approximate surface area is 77.9 Å². The molecule has 1 aliphatic heterocycles. The van der Waals surface area contributed by atoms with Crippen LogP contribution in [0.2, 0.25) is 0 Å². The molecule has 0 amide bonds. The molecule has 4 nitrogen and oxygen atoms in total. The topological polar surface area (TPSA) is 47.6 Å². The number of nitrogens with one attached hydrogen (secondary N) is 1. The molecule has 0 atom stereocenters. The third kappa shape index (κ3) is 3.16. The first-order valence-corrected chi connectivity index (χ1v) is 4.40. The first-order valence-electron chi connectivity index (χ1n) is 4.40. The lowest BCUT2D eigenvalue weighted by molar-refractivity contribution is -0.138. The molecule has 0 aromatic rings. The van der Waals surface area contributed by atoms with Crippen LogP contribution in [0.1, 0.15) is 6.92 Å². The van der Waals surface area contributed by atoms with Crippen LogP contribution in [0, 0.1) is 0 Å². The molecule has 1 heterocycles. The Bertz CT molecular complexity index is 199. The maximum Gasteiger partial charge on any atom is 0.334 e. The molecule has 0 aromatic heterocycles. The molecule has 0 spiro atoms. The summed E-state index contributed by atoms with van der Waals surface area (Å²) in [5, 5.41) is 3.13. The van der Waals surface area contributed by atoms with E-state index in [9.17, 15) is 4.79 Å². The van der Waals surface area contributed by atoms with Gasteiger partial charge in [0, 0.05) is 12.1 Å². The lowest BCUT2D eigenvalue weighted by Gasteiger charge is -2.27. The van der Waals surface area contributed by atoms with Crippen molar-refractivity contribution in [1.82, 2.24) is 5.32 Å². The number of carbonyl (C=O) groups is 1. The van der Waals surface area contributed by atoms with Crippen molar-refractivity contribution < 1.29 is 14.3 Å². The van der Waals surface area contributed by atoms with Crippen LogP contribution in [0.25, 0.3) is 0 Å². The summed E-state index contributed by atoms with van der Waals surface area (Å²) >= 11 is 0. The van der Waals surface area contributed by atoms with Crippen molar-refractivity contribution in [3.8, 4) is 0 Å². The summed E-state index contributed by atoms with van der Waals surface area (Å²) in [4.78, 5) is 11.1. The molecule has 0 bridgehead atoms. The normalized spacial score (nSPS) is 16.4. The van der Waals surface area contributed by atoms with Gasteiger partial charge in [-0.05, 0) is 6.92 Å².